The molecule has 0 spiro atoms. The minimum Gasteiger partial charge on any atom is -0.494 e. The topological polar surface area (TPSA) is 75.7 Å². The van der Waals surface area contributed by atoms with Gasteiger partial charge in [-0.2, -0.15) is 0 Å². The van der Waals surface area contributed by atoms with Crippen molar-refractivity contribution in [3.05, 3.63) is 24.3 Å². The second-order valence-corrected chi connectivity index (χ2v) is 7.37. The summed E-state index contributed by atoms with van der Waals surface area (Å²) < 4.78 is 29.8. The molecular weight excluding hydrogens is 304 g/mol. The third-order valence-electron chi connectivity index (χ3n) is 3.71. The lowest BCUT2D eigenvalue weighted by Gasteiger charge is -2.29. The van der Waals surface area contributed by atoms with E-state index in [0.29, 0.717) is 44.0 Å². The molecule has 0 radical (unpaired) electrons. The number of carbonyl (C=O) groups is 1. The normalized spacial score (nSPS) is 17.2. The van der Waals surface area contributed by atoms with Crippen LogP contribution in [0, 0.1) is 5.92 Å². The third kappa shape index (κ3) is 4.45. The van der Waals surface area contributed by atoms with E-state index in [1.165, 1.54) is 10.6 Å². The van der Waals surface area contributed by atoms with E-state index in [-0.39, 0.29) is 11.8 Å². The third-order valence-corrected chi connectivity index (χ3v) is 5.01. The SMILES string of the molecule is CCOc1cccc(NC(=O)C2CCN(S(C)(=O)=O)CC2)c1. The summed E-state index contributed by atoms with van der Waals surface area (Å²) in [4.78, 5) is 12.3. The van der Waals surface area contributed by atoms with Gasteiger partial charge in [-0.15, -0.1) is 0 Å². The molecule has 1 heterocycles. The molecule has 0 aromatic heterocycles. The molecule has 1 aliphatic rings. The molecule has 0 atom stereocenters. The van der Waals surface area contributed by atoms with E-state index in [0.717, 1.165) is 0 Å². The molecule has 0 unspecified atom stereocenters. The summed E-state index contributed by atoms with van der Waals surface area (Å²) >= 11 is 0. The van der Waals surface area contributed by atoms with Crippen molar-refractivity contribution in [1.29, 1.82) is 0 Å². The van der Waals surface area contributed by atoms with Crippen LogP contribution in [0.25, 0.3) is 0 Å². The van der Waals surface area contributed by atoms with Gasteiger partial charge in [0, 0.05) is 30.8 Å². The quantitative estimate of drug-likeness (QED) is 0.893. The number of sulfonamides is 1. The van der Waals surface area contributed by atoms with Gasteiger partial charge in [0.05, 0.1) is 12.9 Å². The molecule has 1 aromatic carbocycles. The molecule has 1 amide bonds. The highest BCUT2D eigenvalue weighted by molar-refractivity contribution is 7.88. The van der Waals surface area contributed by atoms with E-state index in [4.69, 9.17) is 4.74 Å². The second-order valence-electron chi connectivity index (χ2n) is 5.39. The molecule has 0 saturated carbocycles. The molecule has 0 bridgehead atoms. The number of benzene rings is 1. The maximum atomic E-state index is 12.3. The first kappa shape index (κ1) is 16.8. The van der Waals surface area contributed by atoms with Crippen molar-refractivity contribution < 1.29 is 17.9 Å². The van der Waals surface area contributed by atoms with Crippen LogP contribution in [0.15, 0.2) is 24.3 Å². The van der Waals surface area contributed by atoms with E-state index in [9.17, 15) is 13.2 Å². The lowest BCUT2D eigenvalue weighted by atomic mass is 9.97. The average molecular weight is 326 g/mol. The minimum atomic E-state index is -3.16. The maximum Gasteiger partial charge on any atom is 0.227 e. The Morgan fingerprint density at radius 2 is 2.05 bits per heavy atom. The van der Waals surface area contributed by atoms with Gasteiger partial charge in [-0.3, -0.25) is 4.79 Å². The first-order chi connectivity index (χ1) is 10.4. The number of ether oxygens (including phenoxy) is 1. The second kappa shape index (κ2) is 7.11. The maximum absolute atomic E-state index is 12.3. The highest BCUT2D eigenvalue weighted by Gasteiger charge is 2.28. The molecule has 1 saturated heterocycles. The van der Waals surface area contributed by atoms with Gasteiger partial charge >= 0.3 is 0 Å². The number of anilines is 1. The summed E-state index contributed by atoms with van der Waals surface area (Å²) in [7, 11) is -3.16. The van der Waals surface area contributed by atoms with Crippen molar-refractivity contribution in [1.82, 2.24) is 4.31 Å². The molecule has 2 rings (SSSR count). The number of piperidine rings is 1. The fourth-order valence-electron chi connectivity index (χ4n) is 2.52. The fraction of sp³-hybridized carbons (Fsp3) is 0.533. The number of hydrogen-bond acceptors (Lipinski definition) is 4. The number of carbonyl (C=O) groups excluding carboxylic acids is 1. The van der Waals surface area contributed by atoms with Crippen molar-refractivity contribution in [2.75, 3.05) is 31.3 Å². The molecule has 0 aliphatic carbocycles. The van der Waals surface area contributed by atoms with Crippen molar-refractivity contribution in [2.24, 2.45) is 5.92 Å². The number of amides is 1. The highest BCUT2D eigenvalue weighted by Crippen LogP contribution is 2.22. The summed E-state index contributed by atoms with van der Waals surface area (Å²) in [5.41, 5.74) is 0.696. The Kier molecular flexibility index (Phi) is 5.42. The number of nitrogens with zero attached hydrogens (tertiary/aromatic N) is 1. The van der Waals surface area contributed by atoms with E-state index >= 15 is 0 Å². The molecule has 1 N–H and O–H groups in total. The summed E-state index contributed by atoms with van der Waals surface area (Å²) in [6, 6.07) is 7.26. The zero-order valence-corrected chi connectivity index (χ0v) is 13.7. The fourth-order valence-corrected chi connectivity index (χ4v) is 3.40. The van der Waals surface area contributed by atoms with Gasteiger partial charge in [0.2, 0.25) is 15.9 Å². The molecule has 6 nitrogen and oxygen atoms in total. The Morgan fingerprint density at radius 1 is 1.36 bits per heavy atom. The van der Waals surface area contributed by atoms with Crippen LogP contribution < -0.4 is 10.1 Å². The van der Waals surface area contributed by atoms with Gasteiger partial charge in [-0.1, -0.05) is 6.07 Å². The number of rotatable bonds is 5. The van der Waals surface area contributed by atoms with Crippen molar-refractivity contribution in [2.45, 2.75) is 19.8 Å². The summed E-state index contributed by atoms with van der Waals surface area (Å²) in [5, 5.41) is 2.88. The summed E-state index contributed by atoms with van der Waals surface area (Å²) in [6.45, 7) is 3.27. The predicted octanol–water partition coefficient (Wildman–Crippen LogP) is 1.70. The molecule has 122 valence electrons. The van der Waals surface area contributed by atoms with Crippen LogP contribution in [0.3, 0.4) is 0 Å². The largest absolute Gasteiger partial charge is 0.494 e. The zero-order valence-electron chi connectivity index (χ0n) is 12.9. The predicted molar refractivity (Wildman–Crippen MR) is 85.4 cm³/mol. The highest BCUT2D eigenvalue weighted by atomic mass is 32.2. The van der Waals surface area contributed by atoms with Gasteiger partial charge in [0.1, 0.15) is 5.75 Å². The van der Waals surface area contributed by atoms with E-state index in [1.54, 1.807) is 6.07 Å². The molecule has 1 fully saturated rings. The average Bonchev–Trinajstić information content (AvgIpc) is 2.47. The molecular formula is C15H22N2O4S. The molecule has 1 aromatic rings. The summed E-state index contributed by atoms with van der Waals surface area (Å²) in [5.74, 6) is 0.489. The van der Waals surface area contributed by atoms with Gasteiger partial charge in [0.15, 0.2) is 0 Å². The van der Waals surface area contributed by atoms with Crippen molar-refractivity contribution in [3.63, 3.8) is 0 Å². The smallest absolute Gasteiger partial charge is 0.227 e. The standard InChI is InChI=1S/C15H22N2O4S/c1-3-21-14-6-4-5-13(11-14)16-15(18)12-7-9-17(10-8-12)22(2,19)20/h4-6,11-12H,3,7-10H2,1-2H3,(H,16,18). The van der Waals surface area contributed by atoms with Crippen LogP contribution in [-0.4, -0.2) is 44.6 Å². The minimum absolute atomic E-state index is 0.0678. The Morgan fingerprint density at radius 3 is 2.64 bits per heavy atom. The van der Waals surface area contributed by atoms with Crippen LogP contribution in [0.4, 0.5) is 5.69 Å². The lowest BCUT2D eigenvalue weighted by Crippen LogP contribution is -2.40. The van der Waals surface area contributed by atoms with Crippen LogP contribution in [0.5, 0.6) is 5.75 Å². The van der Waals surface area contributed by atoms with Gasteiger partial charge in [-0.25, -0.2) is 12.7 Å². The van der Waals surface area contributed by atoms with Crippen molar-refractivity contribution >= 4 is 21.6 Å². The first-order valence-electron chi connectivity index (χ1n) is 7.39. The van der Waals surface area contributed by atoms with E-state index in [1.807, 2.05) is 25.1 Å². The number of hydrogen-bond donors (Lipinski definition) is 1. The zero-order chi connectivity index (χ0) is 16.2. The molecule has 1 aliphatic heterocycles. The van der Waals surface area contributed by atoms with Gasteiger partial charge in [0.25, 0.3) is 0 Å². The van der Waals surface area contributed by atoms with Crippen LogP contribution in [-0.2, 0) is 14.8 Å². The molecule has 7 heteroatoms. The molecule has 22 heavy (non-hydrogen) atoms. The Labute approximate surface area is 131 Å². The Balaban J connectivity index is 1.92. The summed E-state index contributed by atoms with van der Waals surface area (Å²) in [6.07, 6.45) is 2.29. The first-order valence-corrected chi connectivity index (χ1v) is 9.24. The number of nitrogens with one attached hydrogen (secondary N) is 1. The van der Waals surface area contributed by atoms with Gasteiger partial charge < -0.3 is 10.1 Å². The lowest BCUT2D eigenvalue weighted by molar-refractivity contribution is -0.120. The van der Waals surface area contributed by atoms with Crippen LogP contribution in [0.1, 0.15) is 19.8 Å². The van der Waals surface area contributed by atoms with E-state index < -0.39 is 10.0 Å². The monoisotopic (exact) mass is 326 g/mol. The van der Waals surface area contributed by atoms with Crippen LogP contribution >= 0.6 is 0 Å². The van der Waals surface area contributed by atoms with Crippen molar-refractivity contribution in [3.8, 4) is 5.75 Å². The Hall–Kier alpha value is -1.60. The van der Waals surface area contributed by atoms with E-state index in [2.05, 4.69) is 5.32 Å². The van der Waals surface area contributed by atoms with Crippen LogP contribution in [0.2, 0.25) is 0 Å². The Bertz CT molecular complexity index is 622. The van der Waals surface area contributed by atoms with Gasteiger partial charge in [-0.05, 0) is 31.9 Å².